The monoisotopic (exact) mass is 348 g/mol. The van der Waals surface area contributed by atoms with E-state index in [9.17, 15) is 9.59 Å². The van der Waals surface area contributed by atoms with Gasteiger partial charge in [0.25, 0.3) is 6.33 Å². The molecular weight excluding hydrogens is 337 g/mol. The molecule has 0 atom stereocenters. The third-order valence-electron chi connectivity index (χ3n) is 2.22. The molecule has 0 bridgehead atoms. The second-order valence-electron chi connectivity index (χ2n) is 3.82. The number of carboxylic acid groups (broad SMARTS) is 1. The molecule has 0 spiro atoms. The molecule has 116 valence electrons. The van der Waals surface area contributed by atoms with Gasteiger partial charge in [0.15, 0.2) is 10.8 Å². The SMILES string of the molecule is CO/N=C(\C(=O)[N-][n+]1cnn(CC(=O)O)c1)c1csc(N)n1.[Na+]. The molecule has 0 aliphatic carbocycles. The summed E-state index contributed by atoms with van der Waals surface area (Å²) < 4.78 is 2.17. The molecule has 3 N–H and O–H groups in total. The number of nitrogen functional groups attached to an aromatic ring is 1. The number of nitrogens with two attached hydrogens (primary N) is 1. The van der Waals surface area contributed by atoms with Crippen LogP contribution in [0.15, 0.2) is 23.2 Å². The normalized spacial score (nSPS) is 10.7. The van der Waals surface area contributed by atoms with Crippen molar-refractivity contribution in [3.63, 3.8) is 0 Å². The van der Waals surface area contributed by atoms with Crippen LogP contribution in [-0.2, 0) is 21.0 Å². The van der Waals surface area contributed by atoms with Gasteiger partial charge in [-0.2, -0.15) is 0 Å². The number of amides is 1. The van der Waals surface area contributed by atoms with E-state index >= 15 is 0 Å². The molecule has 0 aromatic carbocycles. The fourth-order valence-corrected chi connectivity index (χ4v) is 1.97. The number of carboxylic acids is 1. The van der Waals surface area contributed by atoms with Crippen LogP contribution in [0.4, 0.5) is 5.13 Å². The fourth-order valence-electron chi connectivity index (χ4n) is 1.42. The standard InChI is InChI=1S/C10H11N7O4S.Na/c1-21-15-8(6-3-22-10(11)13-6)9(20)14-17-4-12-16(5-17)2-7(18)19;/h3-5H,2H2,1H3,(H2,11,13)(H,18,19);/q;+1/b15-8-;. The van der Waals surface area contributed by atoms with Gasteiger partial charge >= 0.3 is 35.5 Å². The summed E-state index contributed by atoms with van der Waals surface area (Å²) in [6.45, 7) is -0.349. The Morgan fingerprint density at radius 3 is 2.91 bits per heavy atom. The van der Waals surface area contributed by atoms with Crippen molar-refractivity contribution < 1.29 is 53.8 Å². The molecule has 2 aromatic rings. The number of thiazole rings is 1. The molecule has 0 radical (unpaired) electrons. The molecule has 13 heteroatoms. The quantitative estimate of drug-likeness (QED) is 0.234. The maximum Gasteiger partial charge on any atom is 1.00 e. The largest absolute Gasteiger partial charge is 1.00 e. The van der Waals surface area contributed by atoms with Crippen LogP contribution in [0.25, 0.3) is 5.43 Å². The van der Waals surface area contributed by atoms with Crippen LogP contribution in [0, 0.1) is 0 Å². The molecule has 0 fully saturated rings. The Bertz CT molecular complexity index is 728. The number of anilines is 1. The van der Waals surface area contributed by atoms with Gasteiger partial charge in [-0.05, 0) is 0 Å². The summed E-state index contributed by atoms with van der Waals surface area (Å²) in [4.78, 5) is 31.2. The van der Waals surface area contributed by atoms with Crippen molar-refractivity contribution in [2.75, 3.05) is 12.8 Å². The Hall–Kier alpha value is -2.02. The van der Waals surface area contributed by atoms with Crippen LogP contribution in [0.2, 0.25) is 0 Å². The first-order valence-electron chi connectivity index (χ1n) is 5.74. The van der Waals surface area contributed by atoms with E-state index in [-0.39, 0.29) is 52.6 Å². The van der Waals surface area contributed by atoms with Crippen LogP contribution < -0.4 is 40.0 Å². The third kappa shape index (κ3) is 5.28. The van der Waals surface area contributed by atoms with Gasteiger partial charge in [-0.3, -0.25) is 4.68 Å². The molecule has 11 nitrogen and oxygen atoms in total. The second kappa shape index (κ2) is 8.57. The van der Waals surface area contributed by atoms with Gasteiger partial charge in [0.05, 0.1) is 0 Å². The Labute approximate surface area is 156 Å². The number of aliphatic carboxylic acids is 1. The van der Waals surface area contributed by atoms with Gasteiger partial charge in [-0.25, -0.2) is 9.78 Å². The van der Waals surface area contributed by atoms with E-state index in [2.05, 4.69) is 25.5 Å². The fraction of sp³-hybridized carbons (Fsp3) is 0.200. The molecular formula is C10H11N7NaO4S+. The topological polar surface area (TPSA) is 151 Å². The van der Waals surface area contributed by atoms with Crippen LogP contribution in [0.1, 0.15) is 5.69 Å². The first-order valence-corrected chi connectivity index (χ1v) is 6.62. The Morgan fingerprint density at radius 1 is 1.61 bits per heavy atom. The first-order chi connectivity index (χ1) is 10.5. The minimum absolute atomic E-state index is 0. The van der Waals surface area contributed by atoms with Crippen molar-refractivity contribution in [1.82, 2.24) is 14.8 Å². The number of hydrogen-bond acceptors (Lipinski definition) is 8. The van der Waals surface area contributed by atoms with E-state index in [1.807, 2.05) is 0 Å². The molecule has 2 aromatic heterocycles. The van der Waals surface area contributed by atoms with E-state index < -0.39 is 11.9 Å². The van der Waals surface area contributed by atoms with Crippen molar-refractivity contribution in [2.45, 2.75) is 6.54 Å². The maximum atomic E-state index is 12.1. The predicted molar refractivity (Wildman–Crippen MR) is 73.9 cm³/mol. The molecule has 1 amide bonds. The van der Waals surface area contributed by atoms with Crippen LogP contribution in [0.3, 0.4) is 0 Å². The number of oxime groups is 1. The van der Waals surface area contributed by atoms with E-state index in [1.54, 1.807) is 5.38 Å². The van der Waals surface area contributed by atoms with Crippen LogP contribution in [0.5, 0.6) is 0 Å². The van der Waals surface area contributed by atoms with Crippen molar-refractivity contribution in [1.29, 1.82) is 0 Å². The van der Waals surface area contributed by atoms with Gasteiger partial charge in [0, 0.05) is 10.5 Å². The van der Waals surface area contributed by atoms with Gasteiger partial charge < -0.3 is 25.9 Å². The van der Waals surface area contributed by atoms with Gasteiger partial charge in [0.1, 0.15) is 18.7 Å². The molecule has 0 aliphatic rings. The molecule has 23 heavy (non-hydrogen) atoms. The zero-order chi connectivity index (χ0) is 16.1. The van der Waals surface area contributed by atoms with Gasteiger partial charge in [0.2, 0.25) is 12.9 Å². The van der Waals surface area contributed by atoms with E-state index in [4.69, 9.17) is 10.8 Å². The van der Waals surface area contributed by atoms with Crippen molar-refractivity contribution in [3.05, 3.63) is 29.2 Å². The Morgan fingerprint density at radius 2 is 2.35 bits per heavy atom. The Kier molecular flexibility index (Phi) is 7.09. The van der Waals surface area contributed by atoms with Crippen molar-refractivity contribution in [2.24, 2.45) is 5.16 Å². The molecule has 2 heterocycles. The number of aromatic nitrogens is 4. The number of nitrogens with zero attached hydrogens (tertiary/aromatic N) is 6. The molecule has 0 saturated carbocycles. The van der Waals surface area contributed by atoms with Crippen LogP contribution in [-0.4, -0.2) is 44.6 Å². The number of carbonyl (C=O) groups is 2. The summed E-state index contributed by atoms with van der Waals surface area (Å²) in [5.41, 5.74) is 9.32. The summed E-state index contributed by atoms with van der Waals surface area (Å²) in [6.07, 6.45) is 2.42. The maximum absolute atomic E-state index is 12.1. The Balaban J connectivity index is 0.00000264. The number of hydrogen-bond donors (Lipinski definition) is 2. The van der Waals surface area contributed by atoms with Gasteiger partial charge in [-0.15, -0.1) is 16.0 Å². The van der Waals surface area contributed by atoms with E-state index in [0.717, 1.165) is 20.7 Å². The third-order valence-corrected chi connectivity index (χ3v) is 2.90. The van der Waals surface area contributed by atoms with Crippen LogP contribution >= 0.6 is 11.3 Å². The molecule has 0 saturated heterocycles. The smallest absolute Gasteiger partial charge is 0.487 e. The molecule has 0 unspecified atom stereocenters. The minimum Gasteiger partial charge on any atom is -0.487 e. The van der Waals surface area contributed by atoms with Gasteiger partial charge in [-0.1, -0.05) is 5.16 Å². The second-order valence-corrected chi connectivity index (χ2v) is 4.71. The zero-order valence-corrected chi connectivity index (χ0v) is 15.1. The van der Waals surface area contributed by atoms with Crippen molar-refractivity contribution >= 4 is 34.1 Å². The summed E-state index contributed by atoms with van der Waals surface area (Å²) in [6, 6.07) is 0. The number of rotatable bonds is 6. The van der Waals surface area contributed by atoms with E-state index in [0.29, 0.717) is 0 Å². The summed E-state index contributed by atoms with van der Waals surface area (Å²) in [7, 11) is 1.28. The predicted octanol–water partition coefficient (Wildman–Crippen LogP) is -3.99. The zero-order valence-electron chi connectivity index (χ0n) is 12.3. The summed E-state index contributed by atoms with van der Waals surface area (Å²) in [5, 5.41) is 17.8. The average Bonchev–Trinajstić information content (AvgIpc) is 3.04. The number of carbonyl (C=O) groups excluding carboxylic acids is 1. The molecule has 0 aliphatic heterocycles. The average molecular weight is 348 g/mol. The summed E-state index contributed by atoms with van der Waals surface area (Å²) >= 11 is 1.14. The van der Waals surface area contributed by atoms with Crippen molar-refractivity contribution in [3.8, 4) is 0 Å². The first kappa shape index (κ1) is 19.0. The van der Waals surface area contributed by atoms with E-state index in [1.165, 1.54) is 19.8 Å². The minimum atomic E-state index is -1.07. The summed E-state index contributed by atoms with van der Waals surface area (Å²) in [5.74, 6) is -1.81. The molecule has 2 rings (SSSR count).